The molecule has 2 aromatic carbocycles. The summed E-state index contributed by atoms with van der Waals surface area (Å²) in [6.07, 6.45) is -0.948. The van der Waals surface area contributed by atoms with Crippen LogP contribution in [0.15, 0.2) is 58.3 Å². The Morgan fingerprint density at radius 1 is 0.862 bits per heavy atom. The predicted molar refractivity (Wildman–Crippen MR) is 111 cm³/mol. The third-order valence-corrected chi connectivity index (χ3v) is 8.77. The molecule has 1 atom stereocenters. The second-order valence-electron chi connectivity index (χ2n) is 6.30. The Kier molecular flexibility index (Phi) is 6.89. The molecular formula is C18H20Cl2N2O5S2. The zero-order valence-corrected chi connectivity index (χ0v) is 18.7. The summed E-state index contributed by atoms with van der Waals surface area (Å²) < 4.78 is 60.1. The van der Waals surface area contributed by atoms with E-state index in [4.69, 9.17) is 27.9 Å². The van der Waals surface area contributed by atoms with Crippen LogP contribution in [0, 0.1) is 0 Å². The molecule has 158 valence electrons. The summed E-state index contributed by atoms with van der Waals surface area (Å²) in [5.74, 6) is 0. The van der Waals surface area contributed by atoms with Crippen molar-refractivity contribution in [2.45, 2.75) is 22.9 Å². The first kappa shape index (κ1) is 22.5. The molecule has 1 aliphatic rings. The molecule has 0 N–H and O–H groups in total. The van der Waals surface area contributed by atoms with Crippen LogP contribution in [-0.2, 0) is 24.8 Å². The van der Waals surface area contributed by atoms with Gasteiger partial charge in [0, 0.05) is 29.7 Å². The maximum absolute atomic E-state index is 13.1. The third-order valence-electron chi connectivity index (χ3n) is 4.48. The van der Waals surface area contributed by atoms with E-state index in [0.717, 1.165) is 0 Å². The van der Waals surface area contributed by atoms with Crippen molar-refractivity contribution < 1.29 is 21.6 Å². The van der Waals surface area contributed by atoms with Gasteiger partial charge in [0.2, 0.25) is 20.0 Å². The number of hydrogen-bond donors (Lipinski definition) is 0. The molecule has 7 nitrogen and oxygen atoms in total. The summed E-state index contributed by atoms with van der Waals surface area (Å²) in [4.78, 5) is 0.159. The fraction of sp³-hybridized carbons (Fsp3) is 0.333. The van der Waals surface area contributed by atoms with E-state index in [0.29, 0.717) is 10.0 Å². The number of nitrogens with zero attached hydrogens (tertiary/aromatic N) is 2. The molecule has 1 unspecified atom stereocenters. The minimum Gasteiger partial charge on any atom is -0.361 e. The Hall–Kier alpha value is -1.20. The van der Waals surface area contributed by atoms with E-state index in [1.165, 1.54) is 57.1 Å². The zero-order valence-electron chi connectivity index (χ0n) is 15.5. The van der Waals surface area contributed by atoms with Gasteiger partial charge < -0.3 is 4.74 Å². The molecule has 0 bridgehead atoms. The Morgan fingerprint density at radius 2 is 1.34 bits per heavy atom. The van der Waals surface area contributed by atoms with Crippen LogP contribution in [0.4, 0.5) is 0 Å². The first-order valence-electron chi connectivity index (χ1n) is 8.81. The number of hydrogen-bond acceptors (Lipinski definition) is 5. The average Bonchev–Trinajstić information content (AvgIpc) is 2.69. The van der Waals surface area contributed by atoms with Crippen molar-refractivity contribution >= 4 is 43.2 Å². The zero-order chi connectivity index (χ0) is 21.2. The van der Waals surface area contributed by atoms with Crippen molar-refractivity contribution in [3.05, 3.63) is 58.6 Å². The van der Waals surface area contributed by atoms with E-state index in [1.54, 1.807) is 6.92 Å². The molecule has 0 aliphatic carbocycles. The highest BCUT2D eigenvalue weighted by Crippen LogP contribution is 2.27. The van der Waals surface area contributed by atoms with Crippen LogP contribution < -0.4 is 0 Å². The lowest BCUT2D eigenvalue weighted by Crippen LogP contribution is -2.57. The van der Waals surface area contributed by atoms with Crippen molar-refractivity contribution in [2.24, 2.45) is 0 Å². The highest BCUT2D eigenvalue weighted by atomic mass is 35.5. The van der Waals surface area contributed by atoms with Crippen molar-refractivity contribution in [2.75, 3.05) is 26.2 Å². The summed E-state index contributed by atoms with van der Waals surface area (Å²) in [7, 11) is -7.69. The Bertz CT molecular complexity index is 1060. The molecule has 0 aromatic heterocycles. The van der Waals surface area contributed by atoms with Crippen LogP contribution in [0.1, 0.15) is 6.92 Å². The summed E-state index contributed by atoms with van der Waals surface area (Å²) >= 11 is 11.7. The minimum atomic E-state index is -3.88. The van der Waals surface area contributed by atoms with Gasteiger partial charge in [0.05, 0.1) is 16.3 Å². The molecule has 2 aromatic rings. The van der Waals surface area contributed by atoms with Gasteiger partial charge in [-0.05, 0) is 55.5 Å². The summed E-state index contributed by atoms with van der Waals surface area (Å²) in [6, 6.07) is 11.6. The van der Waals surface area contributed by atoms with Crippen molar-refractivity contribution in [3.63, 3.8) is 0 Å². The minimum absolute atomic E-state index is 0.00134. The third kappa shape index (κ3) is 4.77. The highest BCUT2D eigenvalue weighted by Gasteiger charge is 2.40. The number of piperazine rings is 1. The number of rotatable bonds is 6. The van der Waals surface area contributed by atoms with E-state index in [9.17, 15) is 16.8 Å². The SMILES string of the molecule is CCOC1CN(S(=O)(=O)c2ccc(Cl)cc2)CCN1S(=O)(=O)c1ccc(Cl)cc1. The standard InChI is InChI=1S/C18H20Cl2N2O5S2/c1-2-27-18-13-21(28(23,24)16-7-3-14(19)4-8-16)11-12-22(18)29(25,26)17-9-5-15(20)6-10-17/h3-10,18H,2,11-13H2,1H3. The van der Waals surface area contributed by atoms with E-state index in [2.05, 4.69) is 0 Å². The van der Waals surface area contributed by atoms with Crippen LogP contribution in [0.25, 0.3) is 0 Å². The summed E-state index contributed by atoms with van der Waals surface area (Å²) in [6.45, 7) is 1.79. The number of halogens is 2. The Morgan fingerprint density at radius 3 is 1.83 bits per heavy atom. The maximum Gasteiger partial charge on any atom is 0.245 e. The van der Waals surface area contributed by atoms with E-state index in [1.807, 2.05) is 0 Å². The van der Waals surface area contributed by atoms with Gasteiger partial charge in [-0.15, -0.1) is 0 Å². The molecule has 29 heavy (non-hydrogen) atoms. The monoisotopic (exact) mass is 478 g/mol. The predicted octanol–water partition coefficient (Wildman–Crippen LogP) is 3.05. The lowest BCUT2D eigenvalue weighted by Gasteiger charge is -2.39. The van der Waals surface area contributed by atoms with Crippen LogP contribution in [0.3, 0.4) is 0 Å². The van der Waals surface area contributed by atoms with E-state index in [-0.39, 0.29) is 36.0 Å². The molecule has 1 saturated heterocycles. The van der Waals surface area contributed by atoms with Crippen LogP contribution in [-0.4, -0.2) is 57.9 Å². The fourth-order valence-electron chi connectivity index (χ4n) is 3.03. The maximum atomic E-state index is 13.1. The van der Waals surface area contributed by atoms with Gasteiger partial charge in [0.25, 0.3) is 0 Å². The Labute approximate surface area is 180 Å². The van der Waals surface area contributed by atoms with Gasteiger partial charge in [-0.25, -0.2) is 16.8 Å². The molecular weight excluding hydrogens is 459 g/mol. The van der Waals surface area contributed by atoms with Crippen molar-refractivity contribution in [1.82, 2.24) is 8.61 Å². The largest absolute Gasteiger partial charge is 0.361 e. The van der Waals surface area contributed by atoms with Crippen LogP contribution in [0.2, 0.25) is 10.0 Å². The number of benzene rings is 2. The Balaban J connectivity index is 1.88. The molecule has 1 aliphatic heterocycles. The first-order chi connectivity index (χ1) is 13.7. The highest BCUT2D eigenvalue weighted by molar-refractivity contribution is 7.89. The average molecular weight is 479 g/mol. The molecule has 1 fully saturated rings. The second kappa shape index (κ2) is 8.89. The fourth-order valence-corrected chi connectivity index (χ4v) is 6.22. The lowest BCUT2D eigenvalue weighted by molar-refractivity contribution is -0.0416. The summed E-state index contributed by atoms with van der Waals surface area (Å²) in [5.41, 5.74) is 0. The lowest BCUT2D eigenvalue weighted by atomic mass is 10.4. The van der Waals surface area contributed by atoms with Gasteiger partial charge >= 0.3 is 0 Å². The van der Waals surface area contributed by atoms with Crippen LogP contribution in [0.5, 0.6) is 0 Å². The smallest absolute Gasteiger partial charge is 0.245 e. The quantitative estimate of drug-likeness (QED) is 0.636. The van der Waals surface area contributed by atoms with Gasteiger partial charge in [0.1, 0.15) is 6.23 Å². The first-order valence-corrected chi connectivity index (χ1v) is 12.4. The molecule has 0 saturated carbocycles. The summed E-state index contributed by atoms with van der Waals surface area (Å²) in [5, 5.41) is 0.846. The molecule has 1 heterocycles. The topological polar surface area (TPSA) is 84.0 Å². The molecule has 3 rings (SSSR count). The second-order valence-corrected chi connectivity index (χ2v) is 11.0. The van der Waals surface area contributed by atoms with Crippen molar-refractivity contribution in [3.8, 4) is 0 Å². The van der Waals surface area contributed by atoms with Gasteiger partial charge in [0.15, 0.2) is 0 Å². The normalized spacial score (nSPS) is 19.3. The molecule has 0 spiro atoms. The molecule has 0 amide bonds. The van der Waals surface area contributed by atoms with Crippen LogP contribution >= 0.6 is 23.2 Å². The molecule has 0 radical (unpaired) electrons. The van der Waals surface area contributed by atoms with E-state index < -0.39 is 26.3 Å². The van der Waals surface area contributed by atoms with Gasteiger partial charge in [-0.3, -0.25) is 0 Å². The van der Waals surface area contributed by atoms with E-state index >= 15 is 0 Å². The van der Waals surface area contributed by atoms with Crippen molar-refractivity contribution in [1.29, 1.82) is 0 Å². The number of sulfonamides is 2. The number of ether oxygens (including phenoxy) is 1. The molecule has 11 heteroatoms. The van der Waals surface area contributed by atoms with Gasteiger partial charge in [-0.2, -0.15) is 8.61 Å². The van der Waals surface area contributed by atoms with Gasteiger partial charge in [-0.1, -0.05) is 23.2 Å².